The number of hydrogen-bond acceptors (Lipinski definition) is 1. The largest absolute Gasteiger partial charge is 0.310 e. The van der Waals surface area contributed by atoms with Gasteiger partial charge in [0, 0.05) is 17.1 Å². The maximum absolute atomic E-state index is 2.55. The van der Waals surface area contributed by atoms with E-state index in [2.05, 4.69) is 248 Å². The van der Waals surface area contributed by atoms with Crippen LogP contribution in [0.2, 0.25) is 0 Å². The molecular weight excluding hydrogens is 867 g/mol. The molecule has 72 heavy (non-hydrogen) atoms. The average molecular weight is 922 g/mol. The van der Waals surface area contributed by atoms with Crippen LogP contribution in [0.5, 0.6) is 0 Å². The Morgan fingerprint density at radius 1 is 0.278 bits per heavy atom. The molecule has 4 bridgehead atoms. The third-order valence-corrected chi connectivity index (χ3v) is 17.9. The van der Waals surface area contributed by atoms with Gasteiger partial charge in [0.2, 0.25) is 0 Å². The lowest BCUT2D eigenvalue weighted by Gasteiger charge is -2.54. The van der Waals surface area contributed by atoms with Gasteiger partial charge in [-0.25, -0.2) is 0 Å². The van der Waals surface area contributed by atoms with Crippen molar-refractivity contribution in [1.82, 2.24) is 0 Å². The molecule has 10 aromatic rings. The summed E-state index contributed by atoms with van der Waals surface area (Å²) in [5, 5.41) is 0. The van der Waals surface area contributed by atoms with Crippen LogP contribution in [0, 0.1) is 23.7 Å². The highest BCUT2D eigenvalue weighted by atomic mass is 15.1. The van der Waals surface area contributed by atoms with E-state index in [9.17, 15) is 0 Å². The first-order valence-electron chi connectivity index (χ1n) is 26.5. The fraction of sp³-hybridized carbons (Fsp3) is 0.155. The van der Waals surface area contributed by atoms with Gasteiger partial charge in [-0.2, -0.15) is 0 Å². The molecule has 4 fully saturated rings. The zero-order valence-electron chi connectivity index (χ0n) is 40.5. The van der Waals surface area contributed by atoms with E-state index in [1.54, 1.807) is 5.56 Å². The van der Waals surface area contributed by atoms with Crippen molar-refractivity contribution in [2.24, 2.45) is 23.7 Å². The summed E-state index contributed by atoms with van der Waals surface area (Å²) in [6.45, 7) is 0. The van der Waals surface area contributed by atoms with Crippen LogP contribution in [0.15, 0.2) is 243 Å². The number of nitrogens with zero attached hydrogens (tertiary/aromatic N) is 1. The van der Waals surface area contributed by atoms with E-state index < -0.39 is 5.41 Å². The molecule has 1 unspecified atom stereocenters. The van der Waals surface area contributed by atoms with E-state index in [1.165, 1.54) is 132 Å². The normalized spacial score (nSPS) is 21.5. The van der Waals surface area contributed by atoms with Gasteiger partial charge in [-0.15, -0.1) is 0 Å². The average Bonchev–Trinajstić information content (AvgIpc) is 3.91. The van der Waals surface area contributed by atoms with Gasteiger partial charge < -0.3 is 4.90 Å². The van der Waals surface area contributed by atoms with Crippen molar-refractivity contribution in [3.8, 4) is 66.8 Å². The van der Waals surface area contributed by atoms with Crippen molar-refractivity contribution < 1.29 is 0 Å². The summed E-state index contributed by atoms with van der Waals surface area (Å²) in [7, 11) is 0. The molecule has 1 spiro atoms. The SMILES string of the molecule is c1ccc(-c2ccc3c(c2)C2(c4ccccc4-3)c3ccccc3-c3ccc(N(c4ccc(-c5ccccc5-c5ccccc5-c5ccccc5)cc4)c4ccc(C5C6CC7CC(C6)CC5C7)cc4)cc32)cc1. The lowest BCUT2D eigenvalue weighted by atomic mass is 9.51. The highest BCUT2D eigenvalue weighted by Gasteiger charge is 2.52. The highest BCUT2D eigenvalue weighted by molar-refractivity contribution is 5.98. The standard InChI is InChI=1S/C71H55N/c1-3-15-48(16-4-1)52-31-37-64-62-23-11-13-25-66(62)71(68(64)44-52)67-26-14-12-24-63(67)65-38-36-57(45-69(65)71)72(56-34-29-51(30-35-56)70-53-40-46-39-47(42-53)43-54(70)41-46)55-32-27-50(28-33-55)59-20-8-10-22-61(59)60-21-9-7-19-58(60)49-17-5-2-6-18-49/h1-38,44-47,53-54,70H,39-43H2. The lowest BCUT2D eigenvalue weighted by molar-refractivity contribution is -0.00277. The van der Waals surface area contributed by atoms with Gasteiger partial charge in [-0.1, -0.05) is 200 Å². The maximum Gasteiger partial charge on any atom is 0.0726 e. The van der Waals surface area contributed by atoms with Gasteiger partial charge in [-0.3, -0.25) is 0 Å². The maximum atomic E-state index is 2.55. The number of rotatable bonds is 8. The number of benzene rings is 10. The predicted octanol–water partition coefficient (Wildman–Crippen LogP) is 18.7. The minimum absolute atomic E-state index is 0.489. The summed E-state index contributed by atoms with van der Waals surface area (Å²) in [6, 6.07) is 91.6. The first-order valence-corrected chi connectivity index (χ1v) is 26.5. The molecule has 0 N–H and O–H groups in total. The lowest BCUT2D eigenvalue weighted by Crippen LogP contribution is -2.43. The predicted molar refractivity (Wildman–Crippen MR) is 299 cm³/mol. The zero-order valence-corrected chi connectivity index (χ0v) is 40.5. The molecule has 1 heteroatoms. The molecule has 0 heterocycles. The van der Waals surface area contributed by atoms with Crippen LogP contribution in [-0.2, 0) is 5.41 Å². The van der Waals surface area contributed by atoms with Crippen molar-refractivity contribution in [3.63, 3.8) is 0 Å². The molecule has 0 amide bonds. The summed E-state index contributed by atoms with van der Waals surface area (Å²) in [5.41, 5.74) is 25.1. The van der Waals surface area contributed by atoms with Gasteiger partial charge >= 0.3 is 0 Å². The molecular formula is C71H55N. The van der Waals surface area contributed by atoms with E-state index in [-0.39, 0.29) is 0 Å². The zero-order chi connectivity index (χ0) is 47.3. The Morgan fingerprint density at radius 3 is 1.25 bits per heavy atom. The van der Waals surface area contributed by atoms with E-state index in [0.717, 1.165) is 29.4 Å². The molecule has 0 aromatic heterocycles. The molecule has 4 saturated carbocycles. The molecule has 1 atom stereocenters. The molecule has 344 valence electrons. The minimum atomic E-state index is -0.489. The van der Waals surface area contributed by atoms with Gasteiger partial charge in [0.15, 0.2) is 0 Å². The summed E-state index contributed by atoms with van der Waals surface area (Å²) in [4.78, 5) is 2.53. The summed E-state index contributed by atoms with van der Waals surface area (Å²) >= 11 is 0. The molecule has 0 saturated heterocycles. The van der Waals surface area contributed by atoms with Crippen LogP contribution in [0.3, 0.4) is 0 Å². The van der Waals surface area contributed by atoms with Gasteiger partial charge in [0.1, 0.15) is 0 Å². The highest BCUT2D eigenvalue weighted by Crippen LogP contribution is 2.64. The fourth-order valence-corrected chi connectivity index (χ4v) is 15.2. The Morgan fingerprint density at radius 2 is 0.681 bits per heavy atom. The van der Waals surface area contributed by atoms with Gasteiger partial charge in [-0.05, 0) is 199 Å². The summed E-state index contributed by atoms with van der Waals surface area (Å²) in [5.74, 6) is 4.29. The van der Waals surface area contributed by atoms with Crippen molar-refractivity contribution in [2.75, 3.05) is 4.90 Å². The van der Waals surface area contributed by atoms with E-state index in [4.69, 9.17) is 0 Å². The molecule has 6 aliphatic carbocycles. The van der Waals surface area contributed by atoms with Crippen molar-refractivity contribution in [3.05, 3.63) is 270 Å². The van der Waals surface area contributed by atoms with Crippen molar-refractivity contribution >= 4 is 17.1 Å². The second-order valence-electron chi connectivity index (χ2n) is 21.6. The molecule has 0 radical (unpaired) electrons. The first-order chi connectivity index (χ1) is 35.7. The Hall–Kier alpha value is -8.00. The van der Waals surface area contributed by atoms with Crippen LogP contribution in [0.1, 0.15) is 65.8 Å². The van der Waals surface area contributed by atoms with E-state index in [0.29, 0.717) is 5.92 Å². The third-order valence-electron chi connectivity index (χ3n) is 17.9. The third kappa shape index (κ3) is 6.39. The van der Waals surface area contributed by atoms with Crippen molar-refractivity contribution in [1.29, 1.82) is 0 Å². The molecule has 16 rings (SSSR count). The number of fused-ring (bicyclic) bond motifs is 10. The molecule has 10 aromatic carbocycles. The second-order valence-corrected chi connectivity index (χ2v) is 21.6. The van der Waals surface area contributed by atoms with E-state index in [1.807, 2.05) is 0 Å². The quantitative estimate of drug-likeness (QED) is 0.147. The number of hydrogen-bond donors (Lipinski definition) is 0. The Balaban J connectivity index is 0.892. The van der Waals surface area contributed by atoms with Crippen molar-refractivity contribution in [2.45, 2.75) is 43.4 Å². The monoisotopic (exact) mass is 921 g/mol. The smallest absolute Gasteiger partial charge is 0.0726 e. The summed E-state index contributed by atoms with van der Waals surface area (Å²) in [6.07, 6.45) is 7.19. The van der Waals surface area contributed by atoms with E-state index >= 15 is 0 Å². The number of anilines is 3. The fourth-order valence-electron chi connectivity index (χ4n) is 15.2. The van der Waals surface area contributed by atoms with Gasteiger partial charge in [0.05, 0.1) is 5.41 Å². The first kappa shape index (κ1) is 41.8. The van der Waals surface area contributed by atoms with Crippen LogP contribution < -0.4 is 4.90 Å². The topological polar surface area (TPSA) is 3.24 Å². The van der Waals surface area contributed by atoms with Crippen LogP contribution in [0.25, 0.3) is 66.8 Å². The molecule has 0 aliphatic heterocycles. The molecule has 1 nitrogen and oxygen atoms in total. The van der Waals surface area contributed by atoms with Crippen LogP contribution >= 0.6 is 0 Å². The van der Waals surface area contributed by atoms with Crippen LogP contribution in [-0.4, -0.2) is 0 Å². The Bertz CT molecular complexity index is 3660. The summed E-state index contributed by atoms with van der Waals surface area (Å²) < 4.78 is 0. The van der Waals surface area contributed by atoms with Gasteiger partial charge in [0.25, 0.3) is 0 Å². The van der Waals surface area contributed by atoms with Crippen LogP contribution in [0.4, 0.5) is 17.1 Å². The molecule has 6 aliphatic rings. The second kappa shape index (κ2) is 16.5. The minimum Gasteiger partial charge on any atom is -0.310 e. The Kier molecular flexibility index (Phi) is 9.59. The Labute approximate surface area is 424 Å².